The van der Waals surface area contributed by atoms with Gasteiger partial charge >= 0.3 is 17.9 Å². The Morgan fingerprint density at radius 2 is 1.23 bits per heavy atom. The summed E-state index contributed by atoms with van der Waals surface area (Å²) >= 11 is 6.38. The molecule has 1 aliphatic carbocycles. The summed E-state index contributed by atoms with van der Waals surface area (Å²) in [6.07, 6.45) is -2.28. The minimum Gasteiger partial charge on any atom is -0.460 e. The maximum atomic E-state index is 11.4. The minimum atomic E-state index is -0.893. The Bertz CT molecular complexity index is 466. The van der Waals surface area contributed by atoms with Gasteiger partial charge in [0.2, 0.25) is 0 Å². The molecule has 1 saturated carbocycles. The number of hydrogen-bond acceptors (Lipinski definition) is 7. The number of carbonyl (C=O) groups is 3. The highest BCUT2D eigenvalue weighted by atomic mass is 35.5. The normalized spacial score (nSPS) is 37.1. The molecule has 0 bridgehead atoms. The van der Waals surface area contributed by atoms with Gasteiger partial charge in [-0.2, -0.15) is 0 Å². The second-order valence-corrected chi connectivity index (χ2v) is 6.04. The monoisotopic (exact) mass is 334 g/mol. The summed E-state index contributed by atoms with van der Waals surface area (Å²) in [6.45, 7) is 4.47. The zero-order valence-corrected chi connectivity index (χ0v) is 13.4. The first-order valence-electron chi connectivity index (χ1n) is 7.04. The molecule has 6 atom stereocenters. The lowest BCUT2D eigenvalue weighted by atomic mass is 9.75. The molecule has 0 aromatic heterocycles. The largest absolute Gasteiger partial charge is 0.460 e. The van der Waals surface area contributed by atoms with Crippen LogP contribution in [-0.2, 0) is 33.3 Å². The molecule has 124 valence electrons. The van der Waals surface area contributed by atoms with Crippen molar-refractivity contribution in [2.24, 2.45) is 11.8 Å². The Morgan fingerprint density at radius 3 is 1.73 bits per heavy atom. The van der Waals surface area contributed by atoms with E-state index in [1.807, 2.05) is 0 Å². The van der Waals surface area contributed by atoms with Crippen molar-refractivity contribution in [1.29, 1.82) is 0 Å². The molecular formula is C14H19ClO7. The van der Waals surface area contributed by atoms with Gasteiger partial charge in [-0.1, -0.05) is 0 Å². The SMILES string of the molecule is CC(=O)O[C@@H]1[C@@H](Cl)[C@H](OC(C)=O)[C@H]2COC[C@H]2[C@@H]1OC(C)=O. The maximum Gasteiger partial charge on any atom is 0.303 e. The lowest BCUT2D eigenvalue weighted by Gasteiger charge is -2.44. The first kappa shape index (κ1) is 17.0. The second kappa shape index (κ2) is 6.83. The molecule has 0 aromatic rings. The molecule has 0 unspecified atom stereocenters. The highest BCUT2D eigenvalue weighted by molar-refractivity contribution is 6.21. The first-order valence-corrected chi connectivity index (χ1v) is 7.48. The van der Waals surface area contributed by atoms with Crippen LogP contribution in [0.1, 0.15) is 20.8 Å². The van der Waals surface area contributed by atoms with Crippen LogP contribution in [0.15, 0.2) is 0 Å². The van der Waals surface area contributed by atoms with E-state index in [1.165, 1.54) is 20.8 Å². The Hall–Kier alpha value is -1.34. The summed E-state index contributed by atoms with van der Waals surface area (Å²) in [7, 11) is 0. The van der Waals surface area contributed by atoms with Crippen molar-refractivity contribution in [3.8, 4) is 0 Å². The molecule has 1 heterocycles. The molecule has 1 aliphatic heterocycles. The van der Waals surface area contributed by atoms with Gasteiger partial charge in [0, 0.05) is 32.6 Å². The molecule has 2 rings (SSSR count). The van der Waals surface area contributed by atoms with Crippen LogP contribution in [0, 0.1) is 11.8 Å². The lowest BCUT2D eigenvalue weighted by Crippen LogP contribution is -2.59. The zero-order valence-electron chi connectivity index (χ0n) is 12.6. The van der Waals surface area contributed by atoms with E-state index in [9.17, 15) is 14.4 Å². The Kier molecular flexibility index (Phi) is 5.28. The summed E-state index contributed by atoms with van der Waals surface area (Å²) < 4.78 is 21.3. The molecule has 7 nitrogen and oxygen atoms in total. The van der Waals surface area contributed by atoms with E-state index < -0.39 is 41.6 Å². The Labute approximate surface area is 133 Å². The maximum absolute atomic E-state index is 11.4. The topological polar surface area (TPSA) is 88.1 Å². The molecule has 0 amide bonds. The minimum absolute atomic E-state index is 0.206. The van der Waals surface area contributed by atoms with E-state index in [0.717, 1.165) is 0 Å². The van der Waals surface area contributed by atoms with Crippen molar-refractivity contribution in [2.45, 2.75) is 44.5 Å². The van der Waals surface area contributed by atoms with Crippen LogP contribution in [0.4, 0.5) is 0 Å². The van der Waals surface area contributed by atoms with E-state index in [4.69, 9.17) is 30.5 Å². The van der Waals surface area contributed by atoms with E-state index in [1.54, 1.807) is 0 Å². The molecule has 22 heavy (non-hydrogen) atoms. The van der Waals surface area contributed by atoms with Gasteiger partial charge in [-0.15, -0.1) is 11.6 Å². The number of rotatable bonds is 3. The van der Waals surface area contributed by atoms with Gasteiger partial charge in [0.1, 0.15) is 17.6 Å². The van der Waals surface area contributed by atoms with Gasteiger partial charge in [0.15, 0.2) is 6.10 Å². The molecule has 0 aromatic carbocycles. The Morgan fingerprint density at radius 1 is 0.818 bits per heavy atom. The van der Waals surface area contributed by atoms with Crippen LogP contribution >= 0.6 is 11.6 Å². The molecule has 2 aliphatic rings. The standard InChI is InChI=1S/C14H19ClO7/c1-6(16)20-12-9-4-19-5-10(9)13(21-7(2)17)14(11(12)15)22-8(3)18/h9-14H,4-5H2,1-3H3/t9-,10+,11-,12+,13-,14+/m0/s1. The van der Waals surface area contributed by atoms with Gasteiger partial charge in [-0.3, -0.25) is 14.4 Å². The fraction of sp³-hybridized carbons (Fsp3) is 0.786. The predicted molar refractivity (Wildman–Crippen MR) is 74.1 cm³/mol. The van der Waals surface area contributed by atoms with Gasteiger partial charge in [-0.05, 0) is 0 Å². The third-order valence-electron chi connectivity index (χ3n) is 3.87. The van der Waals surface area contributed by atoms with Gasteiger partial charge in [0.05, 0.1) is 13.2 Å². The van der Waals surface area contributed by atoms with Gasteiger partial charge < -0.3 is 18.9 Å². The number of esters is 3. The van der Waals surface area contributed by atoms with Crippen LogP contribution in [0.2, 0.25) is 0 Å². The van der Waals surface area contributed by atoms with Crippen LogP contribution in [-0.4, -0.2) is 54.8 Å². The molecular weight excluding hydrogens is 316 g/mol. The summed E-state index contributed by atoms with van der Waals surface area (Å²) in [5, 5.41) is -0.819. The number of halogens is 1. The van der Waals surface area contributed by atoms with Crippen molar-refractivity contribution in [3.63, 3.8) is 0 Å². The van der Waals surface area contributed by atoms with Gasteiger partial charge in [-0.25, -0.2) is 0 Å². The van der Waals surface area contributed by atoms with E-state index >= 15 is 0 Å². The Balaban J connectivity index is 2.30. The molecule has 0 radical (unpaired) electrons. The number of carbonyl (C=O) groups excluding carboxylic acids is 3. The van der Waals surface area contributed by atoms with Crippen molar-refractivity contribution in [2.75, 3.05) is 13.2 Å². The van der Waals surface area contributed by atoms with Crippen molar-refractivity contribution >= 4 is 29.5 Å². The number of hydrogen-bond donors (Lipinski definition) is 0. The van der Waals surface area contributed by atoms with Crippen molar-refractivity contribution in [3.05, 3.63) is 0 Å². The fourth-order valence-electron chi connectivity index (χ4n) is 3.13. The van der Waals surface area contributed by atoms with Crippen molar-refractivity contribution in [1.82, 2.24) is 0 Å². The summed E-state index contributed by atoms with van der Waals surface area (Å²) in [5.41, 5.74) is 0. The van der Waals surface area contributed by atoms with E-state index in [-0.39, 0.29) is 11.8 Å². The molecule has 0 spiro atoms. The highest BCUT2D eigenvalue weighted by Crippen LogP contribution is 2.42. The smallest absolute Gasteiger partial charge is 0.303 e. The summed E-state index contributed by atoms with van der Waals surface area (Å²) in [4.78, 5) is 34.0. The zero-order chi connectivity index (χ0) is 16.4. The van der Waals surface area contributed by atoms with E-state index in [2.05, 4.69) is 0 Å². The average Bonchev–Trinajstić information content (AvgIpc) is 2.86. The third kappa shape index (κ3) is 3.52. The number of ether oxygens (including phenoxy) is 4. The van der Waals surface area contributed by atoms with Crippen molar-refractivity contribution < 1.29 is 33.3 Å². The number of fused-ring (bicyclic) bond motifs is 1. The van der Waals surface area contributed by atoms with Crippen LogP contribution < -0.4 is 0 Å². The predicted octanol–water partition coefficient (Wildman–Crippen LogP) is 0.665. The quantitative estimate of drug-likeness (QED) is 0.425. The fourth-order valence-corrected chi connectivity index (χ4v) is 3.56. The molecule has 2 fully saturated rings. The molecule has 8 heteroatoms. The second-order valence-electron chi connectivity index (χ2n) is 5.53. The molecule has 0 N–H and O–H groups in total. The average molecular weight is 335 g/mol. The van der Waals surface area contributed by atoms with Crippen LogP contribution in [0.25, 0.3) is 0 Å². The summed E-state index contributed by atoms with van der Waals surface area (Å²) in [5.74, 6) is -1.97. The van der Waals surface area contributed by atoms with Crippen LogP contribution in [0.3, 0.4) is 0 Å². The first-order chi connectivity index (χ1) is 10.3. The molecule has 1 saturated heterocycles. The highest BCUT2D eigenvalue weighted by Gasteiger charge is 2.56. The lowest BCUT2D eigenvalue weighted by molar-refractivity contribution is -0.188. The third-order valence-corrected chi connectivity index (χ3v) is 4.37. The number of alkyl halides is 1. The van der Waals surface area contributed by atoms with Crippen LogP contribution in [0.5, 0.6) is 0 Å². The summed E-state index contributed by atoms with van der Waals surface area (Å²) in [6, 6.07) is 0. The van der Waals surface area contributed by atoms with Gasteiger partial charge in [0.25, 0.3) is 0 Å². The van der Waals surface area contributed by atoms with E-state index in [0.29, 0.717) is 13.2 Å².